The number of carbonyl (C=O) groups excluding carboxylic acids is 1. The van der Waals surface area contributed by atoms with E-state index in [0.29, 0.717) is 6.42 Å². The Bertz CT molecular complexity index is 417. The molecule has 1 amide bonds. The molecule has 1 saturated heterocycles. The van der Waals surface area contributed by atoms with Crippen LogP contribution in [0.15, 0.2) is 24.5 Å². The lowest BCUT2D eigenvalue weighted by Gasteiger charge is -2.43. The third-order valence-electron chi connectivity index (χ3n) is 3.71. The van der Waals surface area contributed by atoms with E-state index in [9.17, 15) is 4.79 Å². The normalized spacial score (nSPS) is 18.3. The van der Waals surface area contributed by atoms with E-state index in [1.54, 1.807) is 12.4 Å². The third kappa shape index (κ3) is 3.77. The zero-order chi connectivity index (χ0) is 13.7. The molecule has 0 aromatic carbocycles. The van der Waals surface area contributed by atoms with E-state index in [-0.39, 0.29) is 11.4 Å². The van der Waals surface area contributed by atoms with Crippen LogP contribution in [-0.2, 0) is 11.2 Å². The van der Waals surface area contributed by atoms with Gasteiger partial charge in [0.25, 0.3) is 0 Å². The van der Waals surface area contributed by atoms with Gasteiger partial charge < -0.3 is 10.2 Å². The second kappa shape index (κ2) is 6.15. The Labute approximate surface area is 115 Å². The van der Waals surface area contributed by atoms with Crippen LogP contribution in [0.2, 0.25) is 0 Å². The summed E-state index contributed by atoms with van der Waals surface area (Å²) < 4.78 is 0. The first-order valence-electron chi connectivity index (χ1n) is 7.00. The number of hydrogen-bond donors (Lipinski definition) is 1. The van der Waals surface area contributed by atoms with Gasteiger partial charge in [0.2, 0.25) is 5.91 Å². The Hall–Kier alpha value is -1.42. The van der Waals surface area contributed by atoms with E-state index in [1.807, 2.05) is 17.0 Å². The van der Waals surface area contributed by atoms with Gasteiger partial charge in [-0.05, 0) is 44.4 Å². The molecule has 0 atom stereocenters. The Balaban J connectivity index is 1.81. The van der Waals surface area contributed by atoms with E-state index in [4.69, 9.17) is 0 Å². The molecule has 1 fully saturated rings. The van der Waals surface area contributed by atoms with Gasteiger partial charge >= 0.3 is 0 Å². The van der Waals surface area contributed by atoms with Crippen LogP contribution in [-0.4, -0.2) is 41.0 Å². The molecule has 0 unspecified atom stereocenters. The number of nitrogens with one attached hydrogen (secondary N) is 1. The SMILES string of the molecule is CC1(C)CNCCN1C(=O)CCCc1ccncc1. The number of aryl methyl sites for hydroxylation is 1. The fourth-order valence-electron chi connectivity index (χ4n) is 2.57. The summed E-state index contributed by atoms with van der Waals surface area (Å²) in [5.41, 5.74) is 1.19. The van der Waals surface area contributed by atoms with E-state index < -0.39 is 0 Å². The number of carbonyl (C=O) groups is 1. The van der Waals surface area contributed by atoms with Gasteiger partial charge in [-0.2, -0.15) is 0 Å². The number of rotatable bonds is 4. The van der Waals surface area contributed by atoms with Gasteiger partial charge in [-0.15, -0.1) is 0 Å². The highest BCUT2D eigenvalue weighted by Gasteiger charge is 2.32. The molecule has 4 heteroatoms. The van der Waals surface area contributed by atoms with Gasteiger partial charge in [0.05, 0.1) is 0 Å². The Morgan fingerprint density at radius 3 is 2.84 bits per heavy atom. The van der Waals surface area contributed by atoms with Gasteiger partial charge in [-0.3, -0.25) is 9.78 Å². The summed E-state index contributed by atoms with van der Waals surface area (Å²) in [4.78, 5) is 18.3. The molecule has 0 saturated carbocycles. The van der Waals surface area contributed by atoms with Crippen LogP contribution in [0.3, 0.4) is 0 Å². The Morgan fingerprint density at radius 2 is 2.16 bits per heavy atom. The van der Waals surface area contributed by atoms with Crippen molar-refractivity contribution in [2.24, 2.45) is 0 Å². The van der Waals surface area contributed by atoms with Crippen molar-refractivity contribution in [1.82, 2.24) is 15.2 Å². The van der Waals surface area contributed by atoms with Crippen molar-refractivity contribution < 1.29 is 4.79 Å². The van der Waals surface area contributed by atoms with Gasteiger partial charge in [0.1, 0.15) is 0 Å². The third-order valence-corrected chi connectivity index (χ3v) is 3.71. The second-order valence-electron chi connectivity index (χ2n) is 5.74. The molecule has 4 nitrogen and oxygen atoms in total. The minimum absolute atomic E-state index is 0.0635. The van der Waals surface area contributed by atoms with Crippen LogP contribution >= 0.6 is 0 Å². The lowest BCUT2D eigenvalue weighted by atomic mass is 9.99. The summed E-state index contributed by atoms with van der Waals surface area (Å²) in [6.45, 7) is 6.85. The van der Waals surface area contributed by atoms with Crippen LogP contribution in [0, 0.1) is 0 Å². The largest absolute Gasteiger partial charge is 0.335 e. The fraction of sp³-hybridized carbons (Fsp3) is 0.600. The topological polar surface area (TPSA) is 45.2 Å². The molecule has 2 rings (SSSR count). The molecule has 1 aliphatic rings. The van der Waals surface area contributed by atoms with Crippen molar-refractivity contribution in [3.05, 3.63) is 30.1 Å². The van der Waals surface area contributed by atoms with Crippen molar-refractivity contribution in [1.29, 1.82) is 0 Å². The van der Waals surface area contributed by atoms with Gasteiger partial charge in [0.15, 0.2) is 0 Å². The van der Waals surface area contributed by atoms with Crippen molar-refractivity contribution >= 4 is 5.91 Å². The van der Waals surface area contributed by atoms with E-state index >= 15 is 0 Å². The first kappa shape index (κ1) is 14.0. The van der Waals surface area contributed by atoms with Gasteiger partial charge in [-0.25, -0.2) is 0 Å². The summed E-state index contributed by atoms with van der Waals surface area (Å²) in [6.07, 6.45) is 6.09. The van der Waals surface area contributed by atoms with Crippen molar-refractivity contribution in [3.8, 4) is 0 Å². The second-order valence-corrected chi connectivity index (χ2v) is 5.74. The molecule has 0 radical (unpaired) electrons. The number of amides is 1. The van der Waals surface area contributed by atoms with E-state index in [1.165, 1.54) is 5.56 Å². The molecule has 19 heavy (non-hydrogen) atoms. The monoisotopic (exact) mass is 261 g/mol. The minimum atomic E-state index is -0.0635. The maximum atomic E-state index is 12.3. The summed E-state index contributed by atoms with van der Waals surface area (Å²) in [7, 11) is 0. The quantitative estimate of drug-likeness (QED) is 0.895. The summed E-state index contributed by atoms with van der Waals surface area (Å²) in [5, 5.41) is 3.34. The molecule has 0 spiro atoms. The number of aromatic nitrogens is 1. The number of hydrogen-bond acceptors (Lipinski definition) is 3. The van der Waals surface area contributed by atoms with E-state index in [0.717, 1.165) is 32.5 Å². The first-order valence-corrected chi connectivity index (χ1v) is 7.00. The predicted octanol–water partition coefficient (Wildman–Crippen LogP) is 1.61. The molecule has 1 aromatic heterocycles. The number of piperazine rings is 1. The zero-order valence-corrected chi connectivity index (χ0v) is 11.9. The predicted molar refractivity (Wildman–Crippen MR) is 75.8 cm³/mol. The zero-order valence-electron chi connectivity index (χ0n) is 11.9. The molecule has 0 aliphatic carbocycles. The van der Waals surface area contributed by atoms with Gasteiger partial charge in [0, 0.05) is 44.0 Å². The standard InChI is InChI=1S/C15H23N3O/c1-15(2)12-17-10-11-18(15)14(19)5-3-4-13-6-8-16-9-7-13/h6-9,17H,3-5,10-12H2,1-2H3. The van der Waals surface area contributed by atoms with Crippen molar-refractivity contribution in [3.63, 3.8) is 0 Å². The molecular weight excluding hydrogens is 238 g/mol. The number of nitrogens with zero attached hydrogens (tertiary/aromatic N) is 2. The lowest BCUT2D eigenvalue weighted by Crippen LogP contribution is -2.59. The maximum Gasteiger partial charge on any atom is 0.223 e. The smallest absolute Gasteiger partial charge is 0.223 e. The van der Waals surface area contributed by atoms with Crippen LogP contribution in [0.25, 0.3) is 0 Å². The number of pyridine rings is 1. The molecule has 1 N–H and O–H groups in total. The molecule has 104 valence electrons. The molecule has 1 aliphatic heterocycles. The van der Waals surface area contributed by atoms with Gasteiger partial charge in [-0.1, -0.05) is 0 Å². The maximum absolute atomic E-state index is 12.3. The summed E-state index contributed by atoms with van der Waals surface area (Å²) in [5.74, 6) is 0.278. The molecule has 0 bridgehead atoms. The Morgan fingerprint density at radius 1 is 1.42 bits per heavy atom. The first-order chi connectivity index (χ1) is 9.09. The molecule has 1 aromatic rings. The summed E-state index contributed by atoms with van der Waals surface area (Å²) in [6, 6.07) is 4.03. The van der Waals surface area contributed by atoms with Crippen LogP contribution in [0.1, 0.15) is 32.3 Å². The highest BCUT2D eigenvalue weighted by atomic mass is 16.2. The van der Waals surface area contributed by atoms with Crippen molar-refractivity contribution in [2.75, 3.05) is 19.6 Å². The average molecular weight is 261 g/mol. The minimum Gasteiger partial charge on any atom is -0.335 e. The highest BCUT2D eigenvalue weighted by molar-refractivity contribution is 5.77. The molecular formula is C15H23N3O. The van der Waals surface area contributed by atoms with E-state index in [2.05, 4.69) is 24.1 Å². The fourth-order valence-corrected chi connectivity index (χ4v) is 2.57. The Kier molecular flexibility index (Phi) is 4.53. The highest BCUT2D eigenvalue weighted by Crippen LogP contribution is 2.18. The average Bonchev–Trinajstić information content (AvgIpc) is 2.39. The van der Waals surface area contributed by atoms with Crippen molar-refractivity contribution in [2.45, 2.75) is 38.6 Å². The molecule has 2 heterocycles. The van der Waals surface area contributed by atoms with Crippen LogP contribution < -0.4 is 5.32 Å². The summed E-state index contributed by atoms with van der Waals surface area (Å²) >= 11 is 0. The lowest BCUT2D eigenvalue weighted by molar-refractivity contribution is -0.137. The van der Waals surface area contributed by atoms with Crippen LogP contribution in [0.4, 0.5) is 0 Å². The van der Waals surface area contributed by atoms with Crippen LogP contribution in [0.5, 0.6) is 0 Å².